The van der Waals surface area contributed by atoms with Crippen molar-refractivity contribution >= 4 is 29.4 Å². The number of hydrogen-bond donors (Lipinski definition) is 0. The van der Waals surface area contributed by atoms with Gasteiger partial charge in [-0.2, -0.15) is 0 Å². The maximum Gasteiger partial charge on any atom is 0.256 e. The summed E-state index contributed by atoms with van der Waals surface area (Å²) in [7, 11) is 1.81. The Morgan fingerprint density at radius 1 is 1.22 bits per heavy atom. The number of benzene rings is 1. The first kappa shape index (κ1) is 19.5. The minimum atomic E-state index is -0.0455. The van der Waals surface area contributed by atoms with Gasteiger partial charge >= 0.3 is 0 Å². The summed E-state index contributed by atoms with van der Waals surface area (Å²) in [6, 6.07) is 13.8. The Morgan fingerprint density at radius 3 is 2.67 bits per heavy atom. The van der Waals surface area contributed by atoms with Crippen LogP contribution in [0.2, 0.25) is 0 Å². The summed E-state index contributed by atoms with van der Waals surface area (Å²) in [5.74, 6) is 1.33. The van der Waals surface area contributed by atoms with Gasteiger partial charge in [0.1, 0.15) is 10.8 Å². The van der Waals surface area contributed by atoms with Crippen LogP contribution in [0.25, 0.3) is 0 Å². The van der Waals surface area contributed by atoms with Crippen LogP contribution in [-0.4, -0.2) is 34.3 Å². The third-order valence-corrected chi connectivity index (χ3v) is 5.74. The van der Waals surface area contributed by atoms with Gasteiger partial charge in [-0.15, -0.1) is 11.8 Å². The molecule has 0 saturated heterocycles. The van der Waals surface area contributed by atoms with E-state index in [1.54, 1.807) is 28.9 Å². The maximum atomic E-state index is 12.9. The number of amides is 1. The number of carbonyl (C=O) groups is 1. The van der Waals surface area contributed by atoms with E-state index in [0.717, 1.165) is 17.0 Å². The molecule has 2 heterocycles. The molecule has 1 amide bonds. The third kappa shape index (κ3) is 5.14. The predicted molar refractivity (Wildman–Crippen MR) is 109 cm³/mol. The van der Waals surface area contributed by atoms with Crippen LogP contribution in [0.1, 0.15) is 27.4 Å². The van der Waals surface area contributed by atoms with Gasteiger partial charge in [-0.3, -0.25) is 4.79 Å². The summed E-state index contributed by atoms with van der Waals surface area (Å²) in [4.78, 5) is 20.3. The zero-order valence-corrected chi connectivity index (χ0v) is 17.1. The zero-order chi connectivity index (χ0) is 19.2. The van der Waals surface area contributed by atoms with Crippen molar-refractivity contribution in [1.29, 1.82) is 0 Å². The second kappa shape index (κ2) is 9.10. The fraction of sp³-hybridized carbons (Fsp3) is 0.250. The Morgan fingerprint density at radius 2 is 2.00 bits per heavy atom. The lowest BCUT2D eigenvalue weighted by atomic mass is 10.2. The molecular formula is C20H21N3O2S2. The standard InChI is InChI=1S/C20H21N3O2S2/c1-14-11-16(22-25-14)13-27-19-18(5-4-10-21-19)20(24)23(2)12-15-6-8-17(26-3)9-7-15/h4-11H,12-13H2,1-3H3. The second-order valence-corrected chi connectivity index (χ2v) is 7.93. The fourth-order valence-electron chi connectivity index (χ4n) is 2.58. The Hall–Kier alpha value is -2.25. The maximum absolute atomic E-state index is 12.9. The highest BCUT2D eigenvalue weighted by Gasteiger charge is 2.17. The van der Waals surface area contributed by atoms with Gasteiger partial charge in [0.05, 0.1) is 11.3 Å². The Labute approximate surface area is 167 Å². The number of hydrogen-bond acceptors (Lipinski definition) is 6. The molecule has 0 N–H and O–H groups in total. The molecule has 1 aromatic carbocycles. The molecule has 0 aliphatic heterocycles. The SMILES string of the molecule is CSc1ccc(CN(C)C(=O)c2cccnc2SCc2cc(C)on2)cc1. The van der Waals surface area contributed by atoms with Crippen LogP contribution in [0, 0.1) is 6.92 Å². The number of carbonyl (C=O) groups excluding carboxylic acids is 1. The van der Waals surface area contributed by atoms with E-state index in [4.69, 9.17) is 4.52 Å². The Bertz CT molecular complexity index is 910. The van der Waals surface area contributed by atoms with Crippen molar-refractivity contribution in [2.45, 2.75) is 29.1 Å². The molecule has 0 saturated carbocycles. The van der Waals surface area contributed by atoms with Gasteiger partial charge in [0.25, 0.3) is 5.91 Å². The van der Waals surface area contributed by atoms with Crippen LogP contribution in [0.4, 0.5) is 0 Å². The molecule has 0 unspecified atom stereocenters. The van der Waals surface area contributed by atoms with Crippen molar-refractivity contribution in [3.63, 3.8) is 0 Å². The highest BCUT2D eigenvalue weighted by molar-refractivity contribution is 7.98. The molecule has 0 fully saturated rings. The van der Waals surface area contributed by atoms with E-state index in [1.165, 1.54) is 16.7 Å². The number of thioether (sulfide) groups is 2. The molecule has 3 aromatic rings. The average molecular weight is 400 g/mol. The van der Waals surface area contributed by atoms with Crippen molar-refractivity contribution in [3.8, 4) is 0 Å². The van der Waals surface area contributed by atoms with E-state index in [9.17, 15) is 4.79 Å². The van der Waals surface area contributed by atoms with E-state index in [0.29, 0.717) is 22.9 Å². The van der Waals surface area contributed by atoms with Crippen LogP contribution < -0.4 is 0 Å². The number of pyridine rings is 1. The molecule has 5 nitrogen and oxygen atoms in total. The van der Waals surface area contributed by atoms with Gasteiger partial charge in [-0.25, -0.2) is 4.98 Å². The highest BCUT2D eigenvalue weighted by Crippen LogP contribution is 2.25. The molecule has 7 heteroatoms. The molecule has 27 heavy (non-hydrogen) atoms. The third-order valence-electron chi connectivity index (χ3n) is 3.96. The quantitative estimate of drug-likeness (QED) is 0.538. The van der Waals surface area contributed by atoms with E-state index in [1.807, 2.05) is 32.4 Å². The summed E-state index contributed by atoms with van der Waals surface area (Å²) in [6.07, 6.45) is 3.75. The lowest BCUT2D eigenvalue weighted by Crippen LogP contribution is -2.26. The molecule has 0 radical (unpaired) electrons. The van der Waals surface area contributed by atoms with Crippen molar-refractivity contribution in [2.75, 3.05) is 13.3 Å². The van der Waals surface area contributed by atoms with Crippen LogP contribution >= 0.6 is 23.5 Å². The summed E-state index contributed by atoms with van der Waals surface area (Å²) in [5, 5.41) is 4.69. The first-order valence-corrected chi connectivity index (χ1v) is 10.7. The lowest BCUT2D eigenvalue weighted by Gasteiger charge is -2.18. The fourth-order valence-corrected chi connectivity index (χ4v) is 3.85. The van der Waals surface area contributed by atoms with Crippen molar-refractivity contribution in [3.05, 3.63) is 71.2 Å². The van der Waals surface area contributed by atoms with Crippen molar-refractivity contribution in [1.82, 2.24) is 15.0 Å². The van der Waals surface area contributed by atoms with E-state index in [-0.39, 0.29) is 5.91 Å². The molecule has 3 rings (SSSR count). The monoisotopic (exact) mass is 399 g/mol. The van der Waals surface area contributed by atoms with Gasteiger partial charge in [0, 0.05) is 36.5 Å². The van der Waals surface area contributed by atoms with E-state index >= 15 is 0 Å². The Kier molecular flexibility index (Phi) is 6.58. The topological polar surface area (TPSA) is 59.2 Å². The molecule has 0 aliphatic carbocycles. The van der Waals surface area contributed by atoms with Crippen LogP contribution in [0.5, 0.6) is 0 Å². The van der Waals surface area contributed by atoms with Crippen molar-refractivity contribution < 1.29 is 9.32 Å². The van der Waals surface area contributed by atoms with Crippen LogP contribution in [0.3, 0.4) is 0 Å². The molecule has 140 valence electrons. The number of aromatic nitrogens is 2. The van der Waals surface area contributed by atoms with E-state index < -0.39 is 0 Å². The smallest absolute Gasteiger partial charge is 0.256 e. The lowest BCUT2D eigenvalue weighted by molar-refractivity contribution is 0.0781. The summed E-state index contributed by atoms with van der Waals surface area (Å²) < 4.78 is 5.09. The number of aryl methyl sites for hydroxylation is 1. The summed E-state index contributed by atoms with van der Waals surface area (Å²) in [5.41, 5.74) is 2.54. The predicted octanol–water partition coefficient (Wildman–Crippen LogP) is 4.66. The molecule has 2 aromatic heterocycles. The molecular weight excluding hydrogens is 378 g/mol. The van der Waals surface area contributed by atoms with Gasteiger partial charge in [-0.05, 0) is 43.0 Å². The zero-order valence-electron chi connectivity index (χ0n) is 15.5. The number of rotatable bonds is 7. The van der Waals surface area contributed by atoms with Crippen molar-refractivity contribution in [2.24, 2.45) is 0 Å². The van der Waals surface area contributed by atoms with E-state index in [2.05, 4.69) is 34.4 Å². The van der Waals surface area contributed by atoms with Gasteiger partial charge in [-0.1, -0.05) is 29.1 Å². The summed E-state index contributed by atoms with van der Waals surface area (Å²) in [6.45, 7) is 2.41. The normalized spacial score (nSPS) is 10.8. The minimum Gasteiger partial charge on any atom is -0.361 e. The molecule has 0 bridgehead atoms. The molecule has 0 atom stereocenters. The number of nitrogens with zero attached hydrogens (tertiary/aromatic N) is 3. The van der Waals surface area contributed by atoms with Crippen LogP contribution in [-0.2, 0) is 12.3 Å². The van der Waals surface area contributed by atoms with Gasteiger partial charge in [0.2, 0.25) is 0 Å². The second-order valence-electron chi connectivity index (χ2n) is 6.08. The minimum absolute atomic E-state index is 0.0455. The van der Waals surface area contributed by atoms with Gasteiger partial charge < -0.3 is 9.42 Å². The Balaban J connectivity index is 1.69. The molecule has 0 aliphatic rings. The molecule has 0 spiro atoms. The highest BCUT2D eigenvalue weighted by atomic mass is 32.2. The first-order valence-electron chi connectivity index (χ1n) is 8.45. The van der Waals surface area contributed by atoms with Crippen LogP contribution in [0.15, 0.2) is 63.1 Å². The average Bonchev–Trinajstić information content (AvgIpc) is 3.12. The summed E-state index contributed by atoms with van der Waals surface area (Å²) >= 11 is 3.19. The largest absolute Gasteiger partial charge is 0.361 e. The van der Waals surface area contributed by atoms with Gasteiger partial charge in [0.15, 0.2) is 0 Å². The first-order chi connectivity index (χ1) is 13.1.